The van der Waals surface area contributed by atoms with Crippen molar-refractivity contribution in [2.75, 3.05) is 19.6 Å². The number of carbonyl (C=O) groups is 1. The highest BCUT2D eigenvalue weighted by atomic mass is 35.5. The average Bonchev–Trinajstić information content (AvgIpc) is 3.37. The molecule has 144 valence electrons. The van der Waals surface area contributed by atoms with E-state index in [2.05, 4.69) is 15.7 Å². The van der Waals surface area contributed by atoms with Gasteiger partial charge in [-0.1, -0.05) is 18.2 Å². The Morgan fingerprint density at radius 1 is 1.44 bits per heavy atom. The molecule has 4 rings (SSSR count). The predicted molar refractivity (Wildman–Crippen MR) is 109 cm³/mol. The van der Waals surface area contributed by atoms with E-state index in [4.69, 9.17) is 0 Å². The summed E-state index contributed by atoms with van der Waals surface area (Å²) in [6.07, 6.45) is 3.09. The third-order valence-corrected chi connectivity index (χ3v) is 6.16. The maximum Gasteiger partial charge on any atom is 0.225 e. The minimum atomic E-state index is -0.692. The SMILES string of the molecule is Cl.Cn1cc([C@H]2CNC[C@@H]2C(=O)NCC(O)c2cc3ccccc3s2)cn1. The van der Waals surface area contributed by atoms with E-state index in [1.165, 1.54) is 0 Å². The largest absolute Gasteiger partial charge is 0.386 e. The van der Waals surface area contributed by atoms with Crippen LogP contribution in [0.5, 0.6) is 0 Å². The van der Waals surface area contributed by atoms with Crippen molar-refractivity contribution < 1.29 is 9.90 Å². The molecule has 0 radical (unpaired) electrons. The molecule has 1 aromatic carbocycles. The molecule has 3 heterocycles. The van der Waals surface area contributed by atoms with Gasteiger partial charge in [0.15, 0.2) is 0 Å². The summed E-state index contributed by atoms with van der Waals surface area (Å²) in [7, 11) is 1.88. The molecule has 1 aliphatic heterocycles. The summed E-state index contributed by atoms with van der Waals surface area (Å²) in [6, 6.07) is 10.0. The highest BCUT2D eigenvalue weighted by molar-refractivity contribution is 7.19. The maximum atomic E-state index is 12.7. The van der Waals surface area contributed by atoms with Gasteiger partial charge in [0.2, 0.25) is 5.91 Å². The standard InChI is InChI=1S/C19H22N4O2S.ClH/c1-23-11-13(7-22-23)14-8-20-9-15(14)19(25)21-10-16(24)18-6-12-4-2-3-5-17(12)26-18;/h2-7,11,14-16,20,24H,8-10H2,1H3,(H,21,25);1H/t14-,15+,16?;/m1./s1. The molecular weight excluding hydrogens is 384 g/mol. The number of hydrogen-bond donors (Lipinski definition) is 3. The van der Waals surface area contributed by atoms with Crippen LogP contribution in [0.15, 0.2) is 42.7 Å². The molecule has 2 aromatic heterocycles. The van der Waals surface area contributed by atoms with Crippen molar-refractivity contribution in [2.45, 2.75) is 12.0 Å². The zero-order valence-corrected chi connectivity index (χ0v) is 16.6. The number of aromatic nitrogens is 2. The highest BCUT2D eigenvalue weighted by Gasteiger charge is 2.34. The quantitative estimate of drug-likeness (QED) is 0.607. The van der Waals surface area contributed by atoms with Gasteiger partial charge in [-0.25, -0.2) is 0 Å². The normalized spacial score (nSPS) is 20.4. The van der Waals surface area contributed by atoms with Crippen molar-refractivity contribution in [3.8, 4) is 0 Å². The van der Waals surface area contributed by atoms with E-state index in [9.17, 15) is 9.90 Å². The molecule has 1 aliphatic rings. The van der Waals surface area contributed by atoms with E-state index in [1.807, 2.05) is 49.8 Å². The van der Waals surface area contributed by atoms with Crippen LogP contribution in [0.3, 0.4) is 0 Å². The van der Waals surface area contributed by atoms with Gasteiger partial charge in [-0.15, -0.1) is 23.7 Å². The number of amides is 1. The summed E-state index contributed by atoms with van der Waals surface area (Å²) in [5.41, 5.74) is 1.07. The second-order valence-electron chi connectivity index (χ2n) is 6.77. The first-order chi connectivity index (χ1) is 12.6. The Labute approximate surface area is 168 Å². The molecule has 3 atom stereocenters. The zero-order valence-electron chi connectivity index (χ0n) is 15.0. The number of benzene rings is 1. The van der Waals surface area contributed by atoms with Crippen LogP contribution in [0.4, 0.5) is 0 Å². The van der Waals surface area contributed by atoms with Gasteiger partial charge in [-0.2, -0.15) is 5.10 Å². The van der Waals surface area contributed by atoms with Gasteiger partial charge in [-0.05, 0) is 23.1 Å². The molecule has 0 saturated carbocycles. The summed E-state index contributed by atoms with van der Waals surface area (Å²) < 4.78 is 2.90. The van der Waals surface area contributed by atoms with Crippen LogP contribution in [0, 0.1) is 5.92 Å². The molecule has 27 heavy (non-hydrogen) atoms. The lowest BCUT2D eigenvalue weighted by molar-refractivity contribution is -0.125. The van der Waals surface area contributed by atoms with Gasteiger partial charge in [-0.3, -0.25) is 9.48 Å². The molecule has 8 heteroatoms. The number of nitrogens with zero attached hydrogens (tertiary/aromatic N) is 2. The Morgan fingerprint density at radius 2 is 2.26 bits per heavy atom. The number of nitrogens with one attached hydrogen (secondary N) is 2. The molecule has 0 aliphatic carbocycles. The van der Waals surface area contributed by atoms with Crippen molar-refractivity contribution in [2.24, 2.45) is 13.0 Å². The van der Waals surface area contributed by atoms with Gasteiger partial charge in [0, 0.05) is 48.4 Å². The van der Waals surface area contributed by atoms with Gasteiger partial charge in [0.05, 0.1) is 12.1 Å². The van der Waals surface area contributed by atoms with Crippen LogP contribution < -0.4 is 10.6 Å². The molecule has 1 saturated heterocycles. The lowest BCUT2D eigenvalue weighted by Gasteiger charge is -2.18. The second kappa shape index (κ2) is 8.39. The molecule has 1 amide bonds. The number of aliphatic hydroxyl groups is 1. The van der Waals surface area contributed by atoms with Gasteiger partial charge < -0.3 is 15.7 Å². The van der Waals surface area contributed by atoms with Gasteiger partial charge in [0.25, 0.3) is 0 Å². The Morgan fingerprint density at radius 3 is 3.00 bits per heavy atom. The number of fused-ring (bicyclic) bond motifs is 1. The first-order valence-electron chi connectivity index (χ1n) is 8.75. The predicted octanol–water partition coefficient (Wildman–Crippen LogP) is 2.21. The molecule has 0 spiro atoms. The summed E-state index contributed by atoms with van der Waals surface area (Å²) in [6.45, 7) is 1.63. The lowest BCUT2D eigenvalue weighted by Crippen LogP contribution is -2.36. The number of aliphatic hydroxyl groups excluding tert-OH is 1. The summed E-state index contributed by atoms with van der Waals surface area (Å²) in [4.78, 5) is 13.5. The minimum absolute atomic E-state index is 0. The van der Waals surface area contributed by atoms with E-state index in [-0.39, 0.29) is 36.7 Å². The first-order valence-corrected chi connectivity index (χ1v) is 9.57. The van der Waals surface area contributed by atoms with E-state index < -0.39 is 6.10 Å². The Hall–Kier alpha value is -1.93. The number of rotatable bonds is 5. The molecule has 6 nitrogen and oxygen atoms in total. The Balaban J connectivity index is 0.00000210. The smallest absolute Gasteiger partial charge is 0.225 e. The maximum absolute atomic E-state index is 12.7. The van der Waals surface area contributed by atoms with E-state index in [1.54, 1.807) is 16.0 Å². The fourth-order valence-electron chi connectivity index (χ4n) is 3.53. The number of halogens is 1. The van der Waals surface area contributed by atoms with Crippen molar-refractivity contribution in [3.63, 3.8) is 0 Å². The van der Waals surface area contributed by atoms with Crippen molar-refractivity contribution >= 4 is 39.7 Å². The number of aryl methyl sites for hydroxylation is 1. The fraction of sp³-hybridized carbons (Fsp3) is 0.368. The topological polar surface area (TPSA) is 79.2 Å². The third kappa shape index (κ3) is 4.16. The minimum Gasteiger partial charge on any atom is -0.386 e. The van der Waals surface area contributed by atoms with Crippen LogP contribution in [0.25, 0.3) is 10.1 Å². The van der Waals surface area contributed by atoms with Crippen LogP contribution in [0.1, 0.15) is 22.5 Å². The van der Waals surface area contributed by atoms with Crippen LogP contribution >= 0.6 is 23.7 Å². The average molecular weight is 407 g/mol. The number of hydrogen-bond acceptors (Lipinski definition) is 5. The second-order valence-corrected chi connectivity index (χ2v) is 7.88. The van der Waals surface area contributed by atoms with Crippen molar-refractivity contribution in [1.29, 1.82) is 0 Å². The molecule has 0 bridgehead atoms. The Bertz CT molecular complexity index is 892. The summed E-state index contributed by atoms with van der Waals surface area (Å²) >= 11 is 1.56. The molecule has 1 unspecified atom stereocenters. The van der Waals surface area contributed by atoms with Gasteiger partial charge in [0.1, 0.15) is 6.10 Å². The van der Waals surface area contributed by atoms with Gasteiger partial charge >= 0.3 is 0 Å². The van der Waals surface area contributed by atoms with E-state index >= 15 is 0 Å². The third-order valence-electron chi connectivity index (χ3n) is 4.95. The van der Waals surface area contributed by atoms with Crippen LogP contribution in [-0.2, 0) is 11.8 Å². The van der Waals surface area contributed by atoms with Crippen molar-refractivity contribution in [1.82, 2.24) is 20.4 Å². The monoisotopic (exact) mass is 406 g/mol. The van der Waals surface area contributed by atoms with E-state index in [0.717, 1.165) is 27.1 Å². The van der Waals surface area contributed by atoms with Crippen LogP contribution in [-0.4, -0.2) is 40.4 Å². The summed E-state index contributed by atoms with van der Waals surface area (Å²) in [5, 5.41) is 22.0. The number of carbonyl (C=O) groups excluding carboxylic acids is 1. The molecule has 3 N–H and O–H groups in total. The van der Waals surface area contributed by atoms with Crippen molar-refractivity contribution in [3.05, 3.63) is 53.2 Å². The Kier molecular flexibility index (Phi) is 6.16. The lowest BCUT2D eigenvalue weighted by atomic mass is 9.90. The van der Waals surface area contributed by atoms with Crippen LogP contribution in [0.2, 0.25) is 0 Å². The summed E-state index contributed by atoms with van der Waals surface area (Å²) in [5.74, 6) is -0.0528. The highest BCUT2D eigenvalue weighted by Crippen LogP contribution is 2.30. The fourth-order valence-corrected chi connectivity index (χ4v) is 4.58. The van der Waals surface area contributed by atoms with E-state index in [0.29, 0.717) is 6.54 Å². The first kappa shape index (κ1) is 19.8. The number of thiophene rings is 1. The molecule has 1 fully saturated rings. The zero-order chi connectivity index (χ0) is 18.1. The molecule has 3 aromatic rings. The molecular formula is C19H23ClN4O2S.